The van der Waals surface area contributed by atoms with Gasteiger partial charge in [-0.25, -0.2) is 18.0 Å². The number of amides is 1. The van der Waals surface area contributed by atoms with Crippen molar-refractivity contribution >= 4 is 17.6 Å². The number of nitrogens with zero attached hydrogens (tertiary/aromatic N) is 1. The van der Waals surface area contributed by atoms with E-state index in [1.54, 1.807) is 14.0 Å². The molecule has 0 radical (unpaired) electrons. The second-order valence-corrected chi connectivity index (χ2v) is 5.62. The highest BCUT2D eigenvalue weighted by Gasteiger charge is 2.18. The van der Waals surface area contributed by atoms with E-state index in [4.69, 9.17) is 4.42 Å². The lowest BCUT2D eigenvalue weighted by Gasteiger charge is -2.15. The van der Waals surface area contributed by atoms with Gasteiger partial charge in [-0.15, -0.1) is 0 Å². The largest absolute Gasteiger partial charge is 0.465 e. The number of methoxy groups -OCH3 is 1. The van der Waals surface area contributed by atoms with Crippen molar-refractivity contribution in [3.05, 3.63) is 52.7 Å². The Labute approximate surface area is 147 Å². The second kappa shape index (κ2) is 8.05. The van der Waals surface area contributed by atoms with Gasteiger partial charge in [0.05, 0.1) is 25.9 Å². The monoisotopic (exact) mass is 370 g/mol. The lowest BCUT2D eigenvalue weighted by Crippen LogP contribution is -2.30. The molecule has 6 nitrogen and oxygen atoms in total. The fourth-order valence-electron chi connectivity index (χ4n) is 2.31. The van der Waals surface area contributed by atoms with Crippen molar-refractivity contribution < 1.29 is 31.9 Å². The van der Waals surface area contributed by atoms with Gasteiger partial charge in [0.15, 0.2) is 17.5 Å². The molecule has 0 aliphatic rings. The fraction of sp³-hybridized carbons (Fsp3) is 0.294. The highest BCUT2D eigenvalue weighted by Crippen LogP contribution is 2.20. The number of benzene rings is 1. The minimum Gasteiger partial charge on any atom is -0.465 e. The van der Waals surface area contributed by atoms with Gasteiger partial charge < -0.3 is 14.5 Å². The Morgan fingerprint density at radius 3 is 2.58 bits per heavy atom. The van der Waals surface area contributed by atoms with E-state index >= 15 is 0 Å². The molecule has 9 heteroatoms. The lowest BCUT2D eigenvalue weighted by atomic mass is 10.2. The molecule has 0 saturated heterocycles. The smallest absolute Gasteiger partial charge is 0.341 e. The Kier molecular flexibility index (Phi) is 6.04. The van der Waals surface area contributed by atoms with Crippen molar-refractivity contribution in [1.82, 2.24) is 4.90 Å². The molecule has 26 heavy (non-hydrogen) atoms. The van der Waals surface area contributed by atoms with Crippen LogP contribution in [0, 0.1) is 24.4 Å². The first-order valence-electron chi connectivity index (χ1n) is 7.52. The van der Waals surface area contributed by atoms with Crippen LogP contribution in [0.3, 0.4) is 0 Å². The van der Waals surface area contributed by atoms with Crippen LogP contribution in [0.2, 0.25) is 0 Å². The summed E-state index contributed by atoms with van der Waals surface area (Å²) in [5.41, 5.74) is -0.173. The van der Waals surface area contributed by atoms with Gasteiger partial charge in [0.25, 0.3) is 0 Å². The summed E-state index contributed by atoms with van der Waals surface area (Å²) in [6.07, 6.45) is 0. The third-order valence-corrected chi connectivity index (χ3v) is 3.52. The number of rotatable bonds is 6. The second-order valence-electron chi connectivity index (χ2n) is 5.62. The third-order valence-electron chi connectivity index (χ3n) is 3.52. The molecule has 1 aromatic heterocycles. The summed E-state index contributed by atoms with van der Waals surface area (Å²) in [5.74, 6) is -4.82. The Balaban J connectivity index is 1.98. The zero-order valence-corrected chi connectivity index (χ0v) is 14.4. The molecule has 1 N–H and O–H groups in total. The Hall–Kier alpha value is -2.81. The Morgan fingerprint density at radius 1 is 1.23 bits per heavy atom. The molecule has 0 aliphatic carbocycles. The molecule has 0 spiro atoms. The van der Waals surface area contributed by atoms with Crippen molar-refractivity contribution in [3.8, 4) is 0 Å². The molecule has 0 unspecified atom stereocenters. The van der Waals surface area contributed by atoms with Crippen molar-refractivity contribution in [2.24, 2.45) is 0 Å². The molecule has 140 valence electrons. The van der Waals surface area contributed by atoms with Crippen molar-refractivity contribution in [2.75, 3.05) is 26.0 Å². The normalized spacial score (nSPS) is 10.9. The predicted molar refractivity (Wildman–Crippen MR) is 86.1 cm³/mol. The minimum atomic E-state index is -1.66. The number of furan rings is 1. The summed E-state index contributed by atoms with van der Waals surface area (Å²) < 4.78 is 49.7. The number of hydrogen-bond donors (Lipinski definition) is 1. The lowest BCUT2D eigenvalue weighted by molar-refractivity contribution is -0.117. The molecular formula is C17H17F3N2O4. The van der Waals surface area contributed by atoms with Gasteiger partial charge in [-0.1, -0.05) is 0 Å². The van der Waals surface area contributed by atoms with E-state index in [0.29, 0.717) is 11.5 Å². The van der Waals surface area contributed by atoms with Gasteiger partial charge in [0.1, 0.15) is 17.1 Å². The number of ether oxygens (including phenoxy) is 1. The number of likely N-dealkylation sites (N-methyl/N-ethyl adjacent to an activating group) is 1. The molecule has 1 heterocycles. The van der Waals surface area contributed by atoms with Crippen molar-refractivity contribution in [2.45, 2.75) is 13.5 Å². The van der Waals surface area contributed by atoms with E-state index in [2.05, 4.69) is 10.1 Å². The van der Waals surface area contributed by atoms with Crippen LogP contribution >= 0.6 is 0 Å². The minimum absolute atomic E-state index is 0.175. The topological polar surface area (TPSA) is 71.8 Å². The number of anilines is 1. The summed E-state index contributed by atoms with van der Waals surface area (Å²) in [5, 5.41) is 2.17. The number of esters is 1. The molecule has 0 atom stereocenters. The van der Waals surface area contributed by atoms with Gasteiger partial charge >= 0.3 is 5.97 Å². The van der Waals surface area contributed by atoms with E-state index in [9.17, 15) is 22.8 Å². The first-order chi connectivity index (χ1) is 12.2. The van der Waals surface area contributed by atoms with Crippen molar-refractivity contribution in [1.29, 1.82) is 0 Å². The molecule has 2 aromatic rings. The number of aryl methyl sites for hydroxylation is 1. The zero-order chi connectivity index (χ0) is 19.4. The van der Waals surface area contributed by atoms with Crippen LogP contribution in [0.5, 0.6) is 0 Å². The standard InChI is InChI=1S/C17H17F3N2O4/c1-9-11(17(24)25-3)6-10(26-9)7-22(2)8-14(23)21-13-5-4-12(18)15(19)16(13)20/h4-6H,7-8H2,1-3H3,(H,21,23). The highest BCUT2D eigenvalue weighted by molar-refractivity contribution is 5.92. The number of carbonyl (C=O) groups excluding carboxylic acids is 2. The average molecular weight is 370 g/mol. The van der Waals surface area contributed by atoms with Crippen LogP contribution in [-0.2, 0) is 16.1 Å². The van der Waals surface area contributed by atoms with E-state index in [-0.39, 0.29) is 18.7 Å². The maximum absolute atomic E-state index is 13.6. The molecule has 0 aliphatic heterocycles. The average Bonchev–Trinajstić information content (AvgIpc) is 2.94. The van der Waals surface area contributed by atoms with Crippen LogP contribution in [-0.4, -0.2) is 37.5 Å². The molecule has 0 fully saturated rings. The van der Waals surface area contributed by atoms with E-state index < -0.39 is 35.0 Å². The van der Waals surface area contributed by atoms with Gasteiger partial charge in [0, 0.05) is 0 Å². The van der Waals surface area contributed by atoms with E-state index in [1.165, 1.54) is 18.1 Å². The van der Waals surface area contributed by atoms with E-state index in [0.717, 1.165) is 12.1 Å². The SMILES string of the molecule is COC(=O)c1cc(CN(C)CC(=O)Nc2ccc(F)c(F)c2F)oc1C. The maximum Gasteiger partial charge on any atom is 0.341 e. The maximum atomic E-state index is 13.6. The van der Waals surface area contributed by atoms with Gasteiger partial charge in [-0.3, -0.25) is 9.69 Å². The Morgan fingerprint density at radius 2 is 1.92 bits per heavy atom. The predicted octanol–water partition coefficient (Wildman–Crippen LogP) is 2.86. The Bertz CT molecular complexity index is 836. The molecule has 0 bridgehead atoms. The zero-order valence-electron chi connectivity index (χ0n) is 14.4. The fourth-order valence-corrected chi connectivity index (χ4v) is 2.31. The number of hydrogen-bond acceptors (Lipinski definition) is 5. The van der Waals surface area contributed by atoms with Crippen LogP contribution in [0.15, 0.2) is 22.6 Å². The summed E-state index contributed by atoms with van der Waals surface area (Å²) in [6, 6.07) is 3.16. The summed E-state index contributed by atoms with van der Waals surface area (Å²) in [6.45, 7) is 1.62. The third kappa shape index (κ3) is 4.42. The highest BCUT2D eigenvalue weighted by atomic mass is 19.2. The van der Waals surface area contributed by atoms with Crippen LogP contribution < -0.4 is 5.32 Å². The molecule has 1 aromatic carbocycles. The van der Waals surface area contributed by atoms with E-state index in [1.807, 2.05) is 0 Å². The van der Waals surface area contributed by atoms with Gasteiger partial charge in [-0.05, 0) is 32.2 Å². The number of halogens is 3. The van der Waals surface area contributed by atoms with Crippen LogP contribution in [0.4, 0.5) is 18.9 Å². The quantitative estimate of drug-likeness (QED) is 0.625. The van der Waals surface area contributed by atoms with Gasteiger partial charge in [0.2, 0.25) is 5.91 Å². The molecule has 1 amide bonds. The summed E-state index contributed by atoms with van der Waals surface area (Å²) in [7, 11) is 2.85. The summed E-state index contributed by atoms with van der Waals surface area (Å²) >= 11 is 0. The molecular weight excluding hydrogens is 353 g/mol. The first-order valence-corrected chi connectivity index (χ1v) is 7.52. The van der Waals surface area contributed by atoms with Gasteiger partial charge in [-0.2, -0.15) is 0 Å². The number of nitrogens with one attached hydrogen (secondary N) is 1. The van der Waals surface area contributed by atoms with Crippen molar-refractivity contribution in [3.63, 3.8) is 0 Å². The summed E-state index contributed by atoms with van der Waals surface area (Å²) in [4.78, 5) is 25.0. The van der Waals surface area contributed by atoms with Crippen LogP contribution in [0.1, 0.15) is 21.9 Å². The number of carbonyl (C=O) groups is 2. The van der Waals surface area contributed by atoms with Crippen LogP contribution in [0.25, 0.3) is 0 Å². The molecule has 2 rings (SSSR count). The first kappa shape index (κ1) is 19.5. The molecule has 0 saturated carbocycles.